The number of halogens is 1. The number of hydrogen-bond acceptors (Lipinski definition) is 4. The minimum absolute atomic E-state index is 0.0537. The molecule has 0 aliphatic rings. The van der Waals surface area contributed by atoms with E-state index in [1.807, 2.05) is 31.2 Å². The van der Waals surface area contributed by atoms with Crippen LogP contribution in [0, 0.1) is 0 Å². The van der Waals surface area contributed by atoms with E-state index in [1.54, 1.807) is 0 Å². The van der Waals surface area contributed by atoms with Gasteiger partial charge < -0.3 is 19.9 Å². The van der Waals surface area contributed by atoms with Crippen LogP contribution >= 0.6 is 11.6 Å². The zero-order chi connectivity index (χ0) is 16.7. The number of phenolic OH excluding ortho intramolecular Hbond substituents is 1. The Morgan fingerprint density at radius 2 is 1.78 bits per heavy atom. The summed E-state index contributed by atoms with van der Waals surface area (Å²) in [5.74, 6) is 1.16. The molecule has 2 aromatic rings. The molecule has 5 nitrogen and oxygen atoms in total. The van der Waals surface area contributed by atoms with Gasteiger partial charge in [-0.05, 0) is 49.4 Å². The molecule has 0 saturated carbocycles. The lowest BCUT2D eigenvalue weighted by Gasteiger charge is -2.09. The molecule has 23 heavy (non-hydrogen) atoms. The number of hydrogen-bond donors (Lipinski definition) is 2. The lowest BCUT2D eigenvalue weighted by atomic mass is 10.2. The first-order valence-electron chi connectivity index (χ1n) is 7.22. The first-order chi connectivity index (χ1) is 11.1. The van der Waals surface area contributed by atoms with Gasteiger partial charge in [-0.25, -0.2) is 0 Å². The van der Waals surface area contributed by atoms with Crippen LogP contribution in [0.3, 0.4) is 0 Å². The summed E-state index contributed by atoms with van der Waals surface area (Å²) < 4.78 is 10.9. The predicted octanol–water partition coefficient (Wildman–Crippen LogP) is 3.25. The lowest BCUT2D eigenvalue weighted by molar-refractivity contribution is 0.0947. The van der Waals surface area contributed by atoms with Crippen LogP contribution < -0.4 is 14.8 Å². The molecule has 2 aromatic carbocycles. The Kier molecular flexibility index (Phi) is 6.11. The Morgan fingerprint density at radius 3 is 2.39 bits per heavy atom. The van der Waals surface area contributed by atoms with Crippen molar-refractivity contribution in [2.24, 2.45) is 0 Å². The first-order valence-corrected chi connectivity index (χ1v) is 7.60. The fourth-order valence-electron chi connectivity index (χ4n) is 1.88. The van der Waals surface area contributed by atoms with E-state index in [0.29, 0.717) is 31.1 Å². The Labute approximate surface area is 139 Å². The van der Waals surface area contributed by atoms with Gasteiger partial charge in [-0.15, -0.1) is 0 Å². The molecular weight excluding hydrogens is 318 g/mol. The van der Waals surface area contributed by atoms with Crippen molar-refractivity contribution < 1.29 is 19.4 Å². The maximum atomic E-state index is 11.9. The van der Waals surface area contributed by atoms with E-state index in [9.17, 15) is 9.90 Å². The number of ether oxygens (including phenoxy) is 2. The number of amides is 1. The van der Waals surface area contributed by atoms with Crippen molar-refractivity contribution in [3.8, 4) is 17.2 Å². The Balaban J connectivity index is 1.76. The van der Waals surface area contributed by atoms with Crippen LogP contribution in [-0.4, -0.2) is 30.8 Å². The highest BCUT2D eigenvalue weighted by atomic mass is 35.5. The monoisotopic (exact) mass is 335 g/mol. The fraction of sp³-hybridized carbons (Fsp3) is 0.235. The third-order valence-corrected chi connectivity index (χ3v) is 3.30. The first kappa shape index (κ1) is 17.0. The molecular formula is C17H18ClNO4. The highest BCUT2D eigenvalue weighted by molar-refractivity contribution is 6.32. The number of nitrogens with one attached hydrogen (secondary N) is 1. The molecule has 1 amide bonds. The summed E-state index contributed by atoms with van der Waals surface area (Å²) in [7, 11) is 0. The molecule has 0 fully saturated rings. The zero-order valence-electron chi connectivity index (χ0n) is 12.7. The summed E-state index contributed by atoms with van der Waals surface area (Å²) in [5, 5.41) is 12.2. The summed E-state index contributed by atoms with van der Waals surface area (Å²) in [6.07, 6.45) is 0. The summed E-state index contributed by atoms with van der Waals surface area (Å²) in [4.78, 5) is 11.9. The van der Waals surface area contributed by atoms with E-state index in [-0.39, 0.29) is 16.7 Å². The third kappa shape index (κ3) is 5.07. The largest absolute Gasteiger partial charge is 0.506 e. The van der Waals surface area contributed by atoms with E-state index >= 15 is 0 Å². The Hall–Kier alpha value is -2.40. The highest BCUT2D eigenvalue weighted by Gasteiger charge is 2.07. The summed E-state index contributed by atoms with van der Waals surface area (Å²) in [6.45, 7) is 3.23. The normalized spacial score (nSPS) is 10.2. The van der Waals surface area contributed by atoms with Crippen molar-refractivity contribution in [3.63, 3.8) is 0 Å². The van der Waals surface area contributed by atoms with Crippen LogP contribution in [0.5, 0.6) is 17.2 Å². The molecule has 0 heterocycles. The van der Waals surface area contributed by atoms with E-state index in [1.165, 1.54) is 18.2 Å². The van der Waals surface area contributed by atoms with Gasteiger partial charge in [0.25, 0.3) is 5.91 Å². The Bertz CT molecular complexity index is 658. The highest BCUT2D eigenvalue weighted by Crippen LogP contribution is 2.23. The van der Waals surface area contributed by atoms with Crippen LogP contribution in [0.25, 0.3) is 0 Å². The summed E-state index contributed by atoms with van der Waals surface area (Å²) in [6, 6.07) is 11.6. The second kappa shape index (κ2) is 8.29. The number of aromatic hydroxyl groups is 1. The van der Waals surface area contributed by atoms with Crippen molar-refractivity contribution in [2.75, 3.05) is 19.8 Å². The topological polar surface area (TPSA) is 67.8 Å². The van der Waals surface area contributed by atoms with Crippen molar-refractivity contribution in [2.45, 2.75) is 6.92 Å². The molecule has 0 unspecified atom stereocenters. The second-order valence-corrected chi connectivity index (χ2v) is 5.08. The van der Waals surface area contributed by atoms with Gasteiger partial charge in [0.05, 0.1) is 18.2 Å². The molecule has 0 aromatic heterocycles. The van der Waals surface area contributed by atoms with Crippen LogP contribution in [0.4, 0.5) is 0 Å². The summed E-state index contributed by atoms with van der Waals surface area (Å²) in [5.41, 5.74) is 0.383. The van der Waals surface area contributed by atoms with E-state index < -0.39 is 0 Å². The standard InChI is InChI=1S/C17H18ClNO4/c1-2-22-13-4-6-14(7-5-13)23-10-9-19-17(21)12-3-8-16(20)15(18)11-12/h3-8,11,20H,2,9-10H2,1H3,(H,19,21). The Morgan fingerprint density at radius 1 is 1.13 bits per heavy atom. The molecule has 6 heteroatoms. The molecule has 0 aliphatic carbocycles. The fourth-order valence-corrected chi connectivity index (χ4v) is 2.06. The van der Waals surface area contributed by atoms with Crippen molar-refractivity contribution in [1.29, 1.82) is 0 Å². The minimum atomic E-state index is -0.276. The van der Waals surface area contributed by atoms with Crippen LogP contribution in [-0.2, 0) is 0 Å². The average molecular weight is 336 g/mol. The van der Waals surface area contributed by atoms with Crippen LogP contribution in [0.2, 0.25) is 5.02 Å². The van der Waals surface area contributed by atoms with E-state index in [4.69, 9.17) is 21.1 Å². The molecule has 0 atom stereocenters. The number of carbonyl (C=O) groups is 1. The van der Waals surface area contributed by atoms with Gasteiger partial charge in [0.2, 0.25) is 0 Å². The molecule has 0 spiro atoms. The smallest absolute Gasteiger partial charge is 0.251 e. The van der Waals surface area contributed by atoms with Gasteiger partial charge in [0.1, 0.15) is 23.9 Å². The molecule has 2 N–H and O–H groups in total. The second-order valence-electron chi connectivity index (χ2n) is 4.67. The van der Waals surface area contributed by atoms with Gasteiger partial charge in [0, 0.05) is 5.56 Å². The number of rotatable bonds is 7. The third-order valence-electron chi connectivity index (χ3n) is 3.00. The summed E-state index contributed by atoms with van der Waals surface area (Å²) >= 11 is 5.77. The number of carbonyl (C=O) groups excluding carboxylic acids is 1. The van der Waals surface area contributed by atoms with Gasteiger partial charge in [-0.2, -0.15) is 0 Å². The van der Waals surface area contributed by atoms with Crippen LogP contribution in [0.1, 0.15) is 17.3 Å². The van der Waals surface area contributed by atoms with Crippen molar-refractivity contribution in [1.82, 2.24) is 5.32 Å². The minimum Gasteiger partial charge on any atom is -0.506 e. The van der Waals surface area contributed by atoms with Gasteiger partial charge in [-0.1, -0.05) is 11.6 Å². The van der Waals surface area contributed by atoms with E-state index in [0.717, 1.165) is 5.75 Å². The van der Waals surface area contributed by atoms with E-state index in [2.05, 4.69) is 5.32 Å². The maximum Gasteiger partial charge on any atom is 0.251 e. The van der Waals surface area contributed by atoms with Gasteiger partial charge in [0.15, 0.2) is 0 Å². The molecule has 122 valence electrons. The van der Waals surface area contributed by atoms with Crippen LogP contribution in [0.15, 0.2) is 42.5 Å². The average Bonchev–Trinajstić information content (AvgIpc) is 2.55. The molecule has 2 rings (SSSR count). The molecule has 0 saturated heterocycles. The molecule has 0 aliphatic heterocycles. The van der Waals surface area contributed by atoms with Gasteiger partial charge >= 0.3 is 0 Å². The zero-order valence-corrected chi connectivity index (χ0v) is 13.5. The van der Waals surface area contributed by atoms with Crippen molar-refractivity contribution in [3.05, 3.63) is 53.1 Å². The molecule has 0 radical (unpaired) electrons. The molecule has 0 bridgehead atoms. The van der Waals surface area contributed by atoms with Crippen molar-refractivity contribution >= 4 is 17.5 Å². The SMILES string of the molecule is CCOc1ccc(OCCNC(=O)c2ccc(O)c(Cl)c2)cc1. The lowest BCUT2D eigenvalue weighted by Crippen LogP contribution is -2.28. The number of phenols is 1. The van der Waals surface area contributed by atoms with Gasteiger partial charge in [-0.3, -0.25) is 4.79 Å². The quantitative estimate of drug-likeness (QED) is 0.762. The predicted molar refractivity (Wildman–Crippen MR) is 88.6 cm³/mol. The number of benzene rings is 2. The maximum absolute atomic E-state index is 11.9.